The predicted molar refractivity (Wildman–Crippen MR) is 122 cm³/mol. The third-order valence-corrected chi connectivity index (χ3v) is 6.09. The van der Waals surface area contributed by atoms with Crippen molar-refractivity contribution in [2.24, 2.45) is 0 Å². The molecule has 0 bridgehead atoms. The van der Waals surface area contributed by atoms with Crippen LogP contribution in [0.1, 0.15) is 54.7 Å². The number of alkyl halides is 1. The normalized spacial score (nSPS) is 18.8. The molecule has 3 aromatic rings. The fraction of sp³-hybridized carbons (Fsp3) is 0.346. The maximum Gasteiger partial charge on any atom is 0.243 e. The fourth-order valence-corrected chi connectivity index (χ4v) is 4.33. The molecule has 1 aliphatic heterocycles. The van der Waals surface area contributed by atoms with Crippen molar-refractivity contribution in [2.75, 3.05) is 6.54 Å². The van der Waals surface area contributed by atoms with Gasteiger partial charge in [-0.3, -0.25) is 9.59 Å². The summed E-state index contributed by atoms with van der Waals surface area (Å²) in [5, 5.41) is 6.50. The Hall–Kier alpha value is -3.55. The summed E-state index contributed by atoms with van der Waals surface area (Å²) in [6.07, 6.45) is -0.105. The first-order valence-corrected chi connectivity index (χ1v) is 11.3. The highest BCUT2D eigenvalue weighted by molar-refractivity contribution is 5.89. The van der Waals surface area contributed by atoms with Crippen LogP contribution in [0.25, 0.3) is 0 Å². The largest absolute Gasteiger partial charge is 0.361 e. The SMILES string of the molecule is CC(C)c1ccc([C@@H](NC(=O)[C@@H]2C[C@@H](F)CN2C(=O)Cc2ccno2)c2ccccc2)cc1F. The highest BCUT2D eigenvalue weighted by Gasteiger charge is 2.40. The van der Waals surface area contributed by atoms with E-state index in [0.29, 0.717) is 16.9 Å². The second-order valence-corrected chi connectivity index (χ2v) is 8.84. The van der Waals surface area contributed by atoms with Gasteiger partial charge in [-0.1, -0.05) is 61.5 Å². The first-order chi connectivity index (χ1) is 16.3. The van der Waals surface area contributed by atoms with Crippen LogP contribution >= 0.6 is 0 Å². The molecule has 8 heteroatoms. The number of hydrogen-bond donors (Lipinski definition) is 1. The molecule has 4 rings (SSSR count). The molecule has 0 saturated carbocycles. The number of rotatable bonds is 7. The molecule has 1 N–H and O–H groups in total. The van der Waals surface area contributed by atoms with Crippen LogP contribution < -0.4 is 5.32 Å². The molecule has 1 aromatic heterocycles. The molecule has 0 aliphatic carbocycles. The average molecular weight is 468 g/mol. The van der Waals surface area contributed by atoms with Crippen LogP contribution in [0.15, 0.2) is 65.3 Å². The lowest BCUT2D eigenvalue weighted by Crippen LogP contribution is -2.47. The minimum absolute atomic E-state index is 0.0164. The number of carbonyl (C=O) groups excluding carboxylic acids is 2. The number of nitrogens with zero attached hydrogens (tertiary/aromatic N) is 2. The molecule has 0 unspecified atom stereocenters. The molecule has 1 fully saturated rings. The van der Waals surface area contributed by atoms with E-state index in [1.54, 1.807) is 18.2 Å². The number of amides is 2. The monoisotopic (exact) mass is 467 g/mol. The van der Waals surface area contributed by atoms with Crippen LogP contribution in [0.4, 0.5) is 8.78 Å². The Kier molecular flexibility index (Phi) is 7.05. The Morgan fingerprint density at radius 1 is 1.15 bits per heavy atom. The van der Waals surface area contributed by atoms with E-state index >= 15 is 0 Å². The number of carbonyl (C=O) groups is 2. The summed E-state index contributed by atoms with van der Waals surface area (Å²) in [5.74, 6) is -0.901. The van der Waals surface area contributed by atoms with E-state index in [-0.39, 0.29) is 31.1 Å². The van der Waals surface area contributed by atoms with Crippen molar-refractivity contribution in [1.82, 2.24) is 15.4 Å². The second-order valence-electron chi connectivity index (χ2n) is 8.84. The van der Waals surface area contributed by atoms with Crippen LogP contribution in [0, 0.1) is 5.82 Å². The zero-order chi connectivity index (χ0) is 24.2. The van der Waals surface area contributed by atoms with Gasteiger partial charge in [-0.05, 0) is 28.7 Å². The van der Waals surface area contributed by atoms with Crippen LogP contribution in [-0.4, -0.2) is 40.6 Å². The third kappa shape index (κ3) is 5.16. The predicted octanol–water partition coefficient (Wildman–Crippen LogP) is 4.32. The van der Waals surface area contributed by atoms with Crippen molar-refractivity contribution < 1.29 is 22.9 Å². The van der Waals surface area contributed by atoms with E-state index in [1.807, 2.05) is 44.2 Å². The molecule has 2 amide bonds. The summed E-state index contributed by atoms with van der Waals surface area (Å²) in [6.45, 7) is 3.65. The van der Waals surface area contributed by atoms with Crippen molar-refractivity contribution in [3.05, 3.63) is 89.1 Å². The van der Waals surface area contributed by atoms with Gasteiger partial charge in [0.2, 0.25) is 11.8 Å². The first kappa shape index (κ1) is 23.6. The molecule has 178 valence electrons. The highest BCUT2D eigenvalue weighted by Crippen LogP contribution is 2.28. The Labute approximate surface area is 196 Å². The number of hydrogen-bond acceptors (Lipinski definition) is 4. The van der Waals surface area contributed by atoms with E-state index in [1.165, 1.54) is 17.2 Å². The average Bonchev–Trinajstić information content (AvgIpc) is 3.47. The standard InChI is InChI=1S/C26H27F2N3O3/c1-16(2)21-9-8-18(12-22(21)28)25(17-6-4-3-5-7-17)30-26(33)23-13-19(27)15-31(23)24(32)14-20-10-11-29-34-20/h3-12,16,19,23,25H,13-15H2,1-2H3,(H,30,33)/t19-,23+,25+/m1/s1. The van der Waals surface area contributed by atoms with Gasteiger partial charge in [-0.15, -0.1) is 0 Å². The van der Waals surface area contributed by atoms with Gasteiger partial charge in [0.1, 0.15) is 23.8 Å². The van der Waals surface area contributed by atoms with E-state index < -0.39 is 30.1 Å². The number of aromatic nitrogens is 1. The van der Waals surface area contributed by atoms with Crippen LogP contribution in [0.5, 0.6) is 0 Å². The van der Waals surface area contributed by atoms with Gasteiger partial charge in [0.15, 0.2) is 0 Å². The number of likely N-dealkylation sites (tertiary alicyclic amines) is 1. The topological polar surface area (TPSA) is 75.4 Å². The molecule has 3 atom stereocenters. The summed E-state index contributed by atoms with van der Waals surface area (Å²) < 4.78 is 34.1. The Morgan fingerprint density at radius 3 is 2.56 bits per heavy atom. The van der Waals surface area contributed by atoms with E-state index in [4.69, 9.17) is 4.52 Å². The van der Waals surface area contributed by atoms with Gasteiger partial charge in [-0.25, -0.2) is 8.78 Å². The molecular weight excluding hydrogens is 440 g/mol. The fourth-order valence-electron chi connectivity index (χ4n) is 4.33. The summed E-state index contributed by atoms with van der Waals surface area (Å²) in [7, 11) is 0. The van der Waals surface area contributed by atoms with Crippen molar-refractivity contribution in [2.45, 2.75) is 50.9 Å². The Morgan fingerprint density at radius 2 is 1.91 bits per heavy atom. The van der Waals surface area contributed by atoms with Crippen molar-refractivity contribution in [3.8, 4) is 0 Å². The zero-order valence-electron chi connectivity index (χ0n) is 19.1. The summed E-state index contributed by atoms with van der Waals surface area (Å²) in [6, 6.07) is 14.0. The summed E-state index contributed by atoms with van der Waals surface area (Å²) in [4.78, 5) is 27.4. The zero-order valence-corrected chi connectivity index (χ0v) is 19.1. The van der Waals surface area contributed by atoms with Gasteiger partial charge in [0.05, 0.1) is 25.2 Å². The summed E-state index contributed by atoms with van der Waals surface area (Å²) in [5.41, 5.74) is 1.90. The van der Waals surface area contributed by atoms with E-state index in [9.17, 15) is 18.4 Å². The molecule has 6 nitrogen and oxygen atoms in total. The van der Waals surface area contributed by atoms with Crippen LogP contribution in [0.2, 0.25) is 0 Å². The molecule has 0 spiro atoms. The number of halogens is 2. The molecule has 1 aliphatic rings. The maximum absolute atomic E-state index is 14.8. The van der Waals surface area contributed by atoms with Crippen LogP contribution in [0.3, 0.4) is 0 Å². The van der Waals surface area contributed by atoms with E-state index in [0.717, 1.165) is 5.56 Å². The smallest absolute Gasteiger partial charge is 0.243 e. The van der Waals surface area contributed by atoms with Gasteiger partial charge in [0, 0.05) is 12.5 Å². The molecule has 2 heterocycles. The minimum Gasteiger partial charge on any atom is -0.361 e. The lowest BCUT2D eigenvalue weighted by Gasteiger charge is -2.27. The van der Waals surface area contributed by atoms with E-state index in [2.05, 4.69) is 10.5 Å². The highest BCUT2D eigenvalue weighted by atomic mass is 19.1. The molecule has 2 aromatic carbocycles. The van der Waals surface area contributed by atoms with Crippen molar-refractivity contribution >= 4 is 11.8 Å². The molecule has 0 radical (unpaired) electrons. The summed E-state index contributed by atoms with van der Waals surface area (Å²) >= 11 is 0. The molecular formula is C26H27F2N3O3. The lowest BCUT2D eigenvalue weighted by molar-refractivity contribution is -0.138. The Bertz CT molecular complexity index is 1140. The lowest BCUT2D eigenvalue weighted by atomic mass is 9.94. The number of benzene rings is 2. The molecule has 34 heavy (non-hydrogen) atoms. The van der Waals surface area contributed by atoms with Gasteiger partial charge < -0.3 is 14.7 Å². The third-order valence-electron chi connectivity index (χ3n) is 6.09. The van der Waals surface area contributed by atoms with Crippen LogP contribution in [-0.2, 0) is 16.0 Å². The van der Waals surface area contributed by atoms with Gasteiger partial charge >= 0.3 is 0 Å². The molecule has 1 saturated heterocycles. The van der Waals surface area contributed by atoms with Crippen molar-refractivity contribution in [1.29, 1.82) is 0 Å². The first-order valence-electron chi connectivity index (χ1n) is 11.3. The second kappa shape index (κ2) is 10.2. The van der Waals surface area contributed by atoms with Gasteiger partial charge in [0.25, 0.3) is 0 Å². The van der Waals surface area contributed by atoms with Gasteiger partial charge in [-0.2, -0.15) is 0 Å². The quantitative estimate of drug-likeness (QED) is 0.562. The minimum atomic E-state index is -1.31. The maximum atomic E-state index is 14.8. The van der Waals surface area contributed by atoms with Crippen molar-refractivity contribution in [3.63, 3.8) is 0 Å². The number of nitrogens with one attached hydrogen (secondary N) is 1. The Balaban J connectivity index is 1.59.